The fraction of sp³-hybridized carbons (Fsp3) is 0.611. The minimum Gasteiger partial charge on any atom is -0.395 e. The molecule has 0 heterocycles. The maximum atomic E-state index is 12.0. The minimum atomic E-state index is 0.0581. The highest BCUT2D eigenvalue weighted by molar-refractivity contribution is 5.78. The molecule has 1 aromatic rings. The van der Waals surface area contributed by atoms with Gasteiger partial charge in [-0.3, -0.25) is 9.69 Å². The Bertz CT molecular complexity index is 501. The molecule has 0 atom stereocenters. The fourth-order valence-corrected chi connectivity index (χ4v) is 3.13. The molecule has 4 nitrogen and oxygen atoms in total. The lowest BCUT2D eigenvalue weighted by Gasteiger charge is -2.20. The molecule has 0 bridgehead atoms. The predicted octanol–water partition coefficient (Wildman–Crippen LogP) is 1.73. The normalized spacial score (nSPS) is 14.4. The molecule has 2 rings (SSSR count). The van der Waals surface area contributed by atoms with Gasteiger partial charge in [-0.05, 0) is 56.7 Å². The minimum absolute atomic E-state index is 0.0581. The summed E-state index contributed by atoms with van der Waals surface area (Å²) in [6, 6.07) is 4.89. The van der Waals surface area contributed by atoms with E-state index in [1.807, 2.05) is 0 Å². The van der Waals surface area contributed by atoms with Crippen molar-refractivity contribution in [1.29, 1.82) is 0 Å². The van der Waals surface area contributed by atoms with E-state index in [4.69, 9.17) is 5.11 Å². The molecule has 2 N–H and O–H groups in total. The van der Waals surface area contributed by atoms with E-state index in [1.54, 1.807) is 0 Å². The summed E-state index contributed by atoms with van der Waals surface area (Å²) in [5.74, 6) is 0.0581. The highest BCUT2D eigenvalue weighted by atomic mass is 16.3. The maximum absolute atomic E-state index is 12.0. The number of aliphatic hydroxyl groups is 1. The summed E-state index contributed by atoms with van der Waals surface area (Å²) in [5, 5.41) is 12.1. The van der Waals surface area contributed by atoms with E-state index in [1.165, 1.54) is 22.3 Å². The molecule has 122 valence electrons. The second-order valence-electron chi connectivity index (χ2n) is 6.40. The first kappa shape index (κ1) is 17.0. The topological polar surface area (TPSA) is 52.6 Å². The van der Waals surface area contributed by atoms with Crippen molar-refractivity contribution in [1.82, 2.24) is 10.2 Å². The smallest absolute Gasteiger partial charge is 0.234 e. The Morgan fingerprint density at radius 1 is 1.27 bits per heavy atom. The van der Waals surface area contributed by atoms with E-state index >= 15 is 0 Å². The molecule has 0 spiro atoms. The Kier molecular flexibility index (Phi) is 5.98. The summed E-state index contributed by atoms with van der Waals surface area (Å²) < 4.78 is 0. The summed E-state index contributed by atoms with van der Waals surface area (Å²) in [4.78, 5) is 14.1. The summed E-state index contributed by atoms with van der Waals surface area (Å²) in [6.45, 7) is 8.15. The lowest BCUT2D eigenvalue weighted by Crippen LogP contribution is -2.40. The van der Waals surface area contributed by atoms with Crippen LogP contribution in [0.15, 0.2) is 12.1 Å². The molecule has 1 aliphatic rings. The molecule has 0 unspecified atom stereocenters. The number of aliphatic hydroxyl groups excluding tert-OH is 1. The summed E-state index contributed by atoms with van der Waals surface area (Å²) in [5.41, 5.74) is 5.21. The number of nitrogens with zero attached hydrogens (tertiary/aromatic N) is 1. The lowest BCUT2D eigenvalue weighted by atomic mass is 9.97. The van der Waals surface area contributed by atoms with Crippen molar-refractivity contribution in [2.75, 3.05) is 26.2 Å². The van der Waals surface area contributed by atoms with E-state index in [0.717, 1.165) is 19.3 Å². The van der Waals surface area contributed by atoms with Crippen LogP contribution >= 0.6 is 0 Å². The van der Waals surface area contributed by atoms with Crippen LogP contribution in [0.3, 0.4) is 0 Å². The van der Waals surface area contributed by atoms with Crippen molar-refractivity contribution in [3.63, 3.8) is 0 Å². The van der Waals surface area contributed by atoms with Crippen molar-refractivity contribution in [3.05, 3.63) is 34.4 Å². The molecule has 0 saturated heterocycles. The Hall–Kier alpha value is -1.39. The first-order valence-corrected chi connectivity index (χ1v) is 8.19. The van der Waals surface area contributed by atoms with Crippen LogP contribution in [0.4, 0.5) is 0 Å². The molecule has 0 aliphatic heterocycles. The van der Waals surface area contributed by atoms with Gasteiger partial charge in [0.25, 0.3) is 0 Å². The molecule has 1 saturated carbocycles. The highest BCUT2D eigenvalue weighted by Crippen LogP contribution is 2.26. The fourth-order valence-electron chi connectivity index (χ4n) is 3.13. The Morgan fingerprint density at radius 2 is 1.91 bits per heavy atom. The van der Waals surface area contributed by atoms with Gasteiger partial charge < -0.3 is 10.4 Å². The largest absolute Gasteiger partial charge is 0.395 e. The van der Waals surface area contributed by atoms with Crippen molar-refractivity contribution in [2.24, 2.45) is 0 Å². The van der Waals surface area contributed by atoms with Gasteiger partial charge in [-0.2, -0.15) is 0 Å². The lowest BCUT2D eigenvalue weighted by molar-refractivity contribution is -0.122. The number of rotatable bonds is 8. The van der Waals surface area contributed by atoms with E-state index in [0.29, 0.717) is 25.7 Å². The number of hydrogen-bond acceptors (Lipinski definition) is 3. The van der Waals surface area contributed by atoms with Gasteiger partial charge in [-0.15, -0.1) is 0 Å². The number of carbonyl (C=O) groups is 1. The zero-order valence-corrected chi connectivity index (χ0v) is 14.0. The summed E-state index contributed by atoms with van der Waals surface area (Å²) >= 11 is 0. The summed E-state index contributed by atoms with van der Waals surface area (Å²) in [6.07, 6.45) is 3.16. The zero-order valence-electron chi connectivity index (χ0n) is 14.0. The van der Waals surface area contributed by atoms with Crippen molar-refractivity contribution in [3.8, 4) is 0 Å². The van der Waals surface area contributed by atoms with Gasteiger partial charge in [0.05, 0.1) is 13.2 Å². The SMILES string of the molecule is Cc1cc(C)c(CCNC(=O)CN(CCO)C2CC2)c(C)c1. The average molecular weight is 304 g/mol. The molecule has 1 aliphatic carbocycles. The molecule has 1 amide bonds. The average Bonchev–Trinajstić information content (AvgIpc) is 3.25. The van der Waals surface area contributed by atoms with Crippen LogP contribution < -0.4 is 5.32 Å². The van der Waals surface area contributed by atoms with Gasteiger partial charge in [0.1, 0.15) is 0 Å². The Labute approximate surface area is 133 Å². The molecule has 4 heteroatoms. The molecule has 0 aromatic heterocycles. The first-order chi connectivity index (χ1) is 10.5. The molecular weight excluding hydrogens is 276 g/mol. The van der Waals surface area contributed by atoms with Gasteiger partial charge >= 0.3 is 0 Å². The third-order valence-corrected chi connectivity index (χ3v) is 4.33. The van der Waals surface area contributed by atoms with Gasteiger partial charge in [0.15, 0.2) is 0 Å². The van der Waals surface area contributed by atoms with Crippen molar-refractivity contribution < 1.29 is 9.90 Å². The van der Waals surface area contributed by atoms with Crippen LogP contribution in [0.1, 0.15) is 35.1 Å². The molecule has 1 aromatic carbocycles. The predicted molar refractivity (Wildman–Crippen MR) is 89.0 cm³/mol. The van der Waals surface area contributed by atoms with Crippen molar-refractivity contribution >= 4 is 5.91 Å². The third kappa shape index (κ3) is 4.82. The van der Waals surface area contributed by atoms with Crippen LogP contribution in [0.25, 0.3) is 0 Å². The van der Waals surface area contributed by atoms with E-state index in [9.17, 15) is 4.79 Å². The first-order valence-electron chi connectivity index (χ1n) is 8.19. The number of aryl methyl sites for hydroxylation is 3. The quantitative estimate of drug-likeness (QED) is 0.769. The second kappa shape index (κ2) is 7.75. The molecule has 22 heavy (non-hydrogen) atoms. The Balaban J connectivity index is 1.79. The standard InChI is InChI=1S/C18H28N2O2/c1-13-10-14(2)17(15(3)11-13)6-7-19-18(22)12-20(8-9-21)16-4-5-16/h10-11,16,21H,4-9,12H2,1-3H3,(H,19,22). The monoisotopic (exact) mass is 304 g/mol. The third-order valence-electron chi connectivity index (χ3n) is 4.33. The number of amides is 1. The number of carbonyl (C=O) groups excluding carboxylic acids is 1. The second-order valence-corrected chi connectivity index (χ2v) is 6.40. The number of hydrogen-bond donors (Lipinski definition) is 2. The maximum Gasteiger partial charge on any atom is 0.234 e. The van der Waals surface area contributed by atoms with Crippen LogP contribution in [-0.4, -0.2) is 48.2 Å². The summed E-state index contributed by atoms with van der Waals surface area (Å²) in [7, 11) is 0. The zero-order chi connectivity index (χ0) is 16.1. The van der Waals surface area contributed by atoms with Crippen molar-refractivity contribution in [2.45, 2.75) is 46.1 Å². The van der Waals surface area contributed by atoms with Crippen LogP contribution in [-0.2, 0) is 11.2 Å². The Morgan fingerprint density at radius 3 is 2.45 bits per heavy atom. The van der Waals surface area contributed by atoms with Crippen LogP contribution in [0.5, 0.6) is 0 Å². The molecular formula is C18H28N2O2. The van der Waals surface area contributed by atoms with Crippen LogP contribution in [0, 0.1) is 20.8 Å². The number of benzene rings is 1. The van der Waals surface area contributed by atoms with Gasteiger partial charge in [0, 0.05) is 19.1 Å². The molecule has 0 radical (unpaired) electrons. The van der Waals surface area contributed by atoms with E-state index in [2.05, 4.69) is 43.1 Å². The van der Waals surface area contributed by atoms with Gasteiger partial charge in [0.2, 0.25) is 5.91 Å². The molecule has 1 fully saturated rings. The van der Waals surface area contributed by atoms with E-state index in [-0.39, 0.29) is 12.5 Å². The van der Waals surface area contributed by atoms with Gasteiger partial charge in [-0.25, -0.2) is 0 Å². The highest BCUT2D eigenvalue weighted by Gasteiger charge is 2.29. The van der Waals surface area contributed by atoms with Crippen LogP contribution in [0.2, 0.25) is 0 Å². The van der Waals surface area contributed by atoms with Gasteiger partial charge in [-0.1, -0.05) is 17.7 Å². The van der Waals surface area contributed by atoms with E-state index < -0.39 is 0 Å². The number of nitrogens with one attached hydrogen (secondary N) is 1.